The molecule has 0 amide bonds. The average molecular weight is 347 g/mol. The Morgan fingerprint density at radius 2 is 1.16 bits per heavy atom. The van der Waals surface area contributed by atoms with Crippen LogP contribution >= 0.6 is 11.6 Å². The van der Waals surface area contributed by atoms with Crippen LogP contribution in [0.15, 0.2) is 91.0 Å². The molecule has 0 aromatic heterocycles. The lowest BCUT2D eigenvalue weighted by atomic mass is 9.94. The van der Waals surface area contributed by atoms with Crippen molar-refractivity contribution >= 4 is 28.7 Å². The standard InChI is InChI=1S/C22H15ClO2/c23-19-13-11-17(12-14-19)21(24)15-20(16-7-3-1-4-8-16)22(25)18-9-5-2-6-10-18/h1-15H/b20-15+. The number of halogens is 1. The molecule has 0 fully saturated rings. The molecule has 0 aliphatic heterocycles. The second-order valence-electron chi connectivity index (χ2n) is 5.49. The minimum absolute atomic E-state index is 0.186. The molecule has 0 unspecified atom stereocenters. The Bertz CT molecular complexity index is 911. The van der Waals surface area contributed by atoms with Crippen molar-refractivity contribution in [2.45, 2.75) is 0 Å². The summed E-state index contributed by atoms with van der Waals surface area (Å²) in [6, 6.07) is 24.7. The van der Waals surface area contributed by atoms with Gasteiger partial charge in [0.05, 0.1) is 0 Å². The number of carbonyl (C=O) groups is 2. The summed E-state index contributed by atoms with van der Waals surface area (Å²) in [5.41, 5.74) is 2.10. The Kier molecular flexibility index (Phi) is 5.22. The molecule has 3 aromatic rings. The van der Waals surface area contributed by atoms with Crippen LogP contribution in [0, 0.1) is 0 Å². The Labute approximate surface area is 151 Å². The van der Waals surface area contributed by atoms with Crippen LogP contribution in [0.1, 0.15) is 26.3 Å². The first-order chi connectivity index (χ1) is 12.1. The number of Topliss-reactive ketones (excluding diaryl/α,β-unsaturated/α-hetero) is 1. The smallest absolute Gasteiger partial charge is 0.193 e. The fourth-order valence-corrected chi connectivity index (χ4v) is 2.60. The van der Waals surface area contributed by atoms with Crippen LogP contribution in [-0.4, -0.2) is 11.6 Å². The summed E-state index contributed by atoms with van der Waals surface area (Å²) in [6.07, 6.45) is 1.40. The van der Waals surface area contributed by atoms with Crippen molar-refractivity contribution in [3.63, 3.8) is 0 Å². The summed E-state index contributed by atoms with van der Waals surface area (Å²) in [4.78, 5) is 25.5. The first kappa shape index (κ1) is 16.9. The Morgan fingerprint density at radius 1 is 0.640 bits per heavy atom. The van der Waals surface area contributed by atoms with Gasteiger partial charge in [0.15, 0.2) is 11.6 Å². The van der Waals surface area contributed by atoms with E-state index in [-0.39, 0.29) is 11.6 Å². The first-order valence-corrected chi connectivity index (χ1v) is 8.20. The number of hydrogen-bond donors (Lipinski definition) is 0. The number of allylic oxidation sites excluding steroid dienone is 2. The van der Waals surface area contributed by atoms with Crippen molar-refractivity contribution < 1.29 is 9.59 Å². The highest BCUT2D eigenvalue weighted by atomic mass is 35.5. The molecule has 0 atom stereocenters. The van der Waals surface area contributed by atoms with Crippen LogP contribution in [-0.2, 0) is 0 Å². The summed E-state index contributed by atoms with van der Waals surface area (Å²) in [7, 11) is 0. The topological polar surface area (TPSA) is 34.1 Å². The minimum Gasteiger partial charge on any atom is -0.289 e. The van der Waals surface area contributed by atoms with Gasteiger partial charge >= 0.3 is 0 Å². The molecule has 2 nitrogen and oxygen atoms in total. The quantitative estimate of drug-likeness (QED) is 0.452. The third-order valence-electron chi connectivity index (χ3n) is 3.77. The number of rotatable bonds is 5. The Hall–Kier alpha value is -2.97. The van der Waals surface area contributed by atoms with Gasteiger partial charge in [0, 0.05) is 21.7 Å². The second-order valence-corrected chi connectivity index (χ2v) is 5.93. The minimum atomic E-state index is -0.236. The molecule has 0 bridgehead atoms. The second kappa shape index (κ2) is 7.73. The monoisotopic (exact) mass is 346 g/mol. The number of hydrogen-bond acceptors (Lipinski definition) is 2. The summed E-state index contributed by atoms with van der Waals surface area (Å²) >= 11 is 5.87. The van der Waals surface area contributed by atoms with Crippen molar-refractivity contribution in [3.05, 3.63) is 113 Å². The van der Waals surface area contributed by atoms with Crippen molar-refractivity contribution in [2.75, 3.05) is 0 Å². The molecule has 0 N–H and O–H groups in total. The molecule has 0 saturated heterocycles. The van der Waals surface area contributed by atoms with Crippen molar-refractivity contribution in [1.29, 1.82) is 0 Å². The summed E-state index contributed by atoms with van der Waals surface area (Å²) in [5.74, 6) is -0.422. The van der Waals surface area contributed by atoms with Crippen molar-refractivity contribution in [3.8, 4) is 0 Å². The molecule has 0 aliphatic rings. The number of carbonyl (C=O) groups excluding carboxylic acids is 2. The van der Waals surface area contributed by atoms with Gasteiger partial charge in [-0.1, -0.05) is 72.3 Å². The predicted octanol–water partition coefficient (Wildman–Crippen LogP) is 5.49. The van der Waals surface area contributed by atoms with E-state index < -0.39 is 0 Å². The maximum Gasteiger partial charge on any atom is 0.193 e. The van der Waals surface area contributed by atoms with E-state index in [1.807, 2.05) is 36.4 Å². The summed E-state index contributed by atoms with van der Waals surface area (Å²) in [5, 5.41) is 0.559. The van der Waals surface area contributed by atoms with E-state index in [1.54, 1.807) is 48.5 Å². The van der Waals surface area contributed by atoms with Crippen molar-refractivity contribution in [2.24, 2.45) is 0 Å². The first-order valence-electron chi connectivity index (χ1n) is 7.82. The van der Waals surface area contributed by atoms with Gasteiger partial charge in [-0.15, -0.1) is 0 Å². The zero-order chi connectivity index (χ0) is 17.6. The van der Waals surface area contributed by atoms with E-state index in [0.717, 1.165) is 0 Å². The lowest BCUT2D eigenvalue weighted by molar-refractivity contribution is 0.102. The van der Waals surface area contributed by atoms with E-state index in [0.29, 0.717) is 27.3 Å². The van der Waals surface area contributed by atoms with Gasteiger partial charge in [-0.05, 0) is 35.9 Å². The van der Waals surface area contributed by atoms with Gasteiger partial charge in [0.2, 0.25) is 0 Å². The molecular weight excluding hydrogens is 332 g/mol. The zero-order valence-electron chi connectivity index (χ0n) is 13.4. The van der Waals surface area contributed by atoms with Gasteiger partial charge in [0.25, 0.3) is 0 Å². The van der Waals surface area contributed by atoms with Crippen LogP contribution in [0.25, 0.3) is 5.57 Å². The largest absolute Gasteiger partial charge is 0.289 e. The fraction of sp³-hybridized carbons (Fsp3) is 0. The lowest BCUT2D eigenvalue weighted by Gasteiger charge is -2.07. The lowest BCUT2D eigenvalue weighted by Crippen LogP contribution is -2.06. The fourth-order valence-electron chi connectivity index (χ4n) is 2.47. The van der Waals surface area contributed by atoms with Crippen LogP contribution in [0.2, 0.25) is 5.02 Å². The van der Waals surface area contributed by atoms with Crippen LogP contribution in [0.4, 0.5) is 0 Å². The molecule has 3 rings (SSSR count). The van der Waals surface area contributed by atoms with Crippen molar-refractivity contribution in [1.82, 2.24) is 0 Å². The summed E-state index contributed by atoms with van der Waals surface area (Å²) in [6.45, 7) is 0. The molecule has 0 spiro atoms. The Morgan fingerprint density at radius 3 is 1.72 bits per heavy atom. The summed E-state index contributed by atoms with van der Waals surface area (Å²) < 4.78 is 0. The van der Waals surface area contributed by atoms with E-state index >= 15 is 0 Å². The molecule has 3 heteroatoms. The van der Waals surface area contributed by atoms with E-state index in [1.165, 1.54) is 6.08 Å². The third kappa shape index (κ3) is 4.11. The molecule has 3 aromatic carbocycles. The average Bonchev–Trinajstić information content (AvgIpc) is 2.67. The van der Waals surface area contributed by atoms with E-state index in [9.17, 15) is 9.59 Å². The Balaban J connectivity index is 2.03. The van der Waals surface area contributed by atoms with Gasteiger partial charge in [-0.25, -0.2) is 0 Å². The van der Waals surface area contributed by atoms with Gasteiger partial charge in [-0.3, -0.25) is 9.59 Å². The van der Waals surface area contributed by atoms with Crippen LogP contribution in [0.5, 0.6) is 0 Å². The third-order valence-corrected chi connectivity index (χ3v) is 4.02. The molecule has 25 heavy (non-hydrogen) atoms. The molecule has 0 aliphatic carbocycles. The zero-order valence-corrected chi connectivity index (χ0v) is 14.1. The van der Waals surface area contributed by atoms with Gasteiger partial charge in [0.1, 0.15) is 0 Å². The predicted molar refractivity (Wildman–Crippen MR) is 101 cm³/mol. The molecule has 0 heterocycles. The van der Waals surface area contributed by atoms with Gasteiger partial charge in [-0.2, -0.15) is 0 Å². The molecule has 122 valence electrons. The molecular formula is C22H15ClO2. The van der Waals surface area contributed by atoms with Crippen LogP contribution < -0.4 is 0 Å². The van der Waals surface area contributed by atoms with Crippen LogP contribution in [0.3, 0.4) is 0 Å². The maximum atomic E-state index is 12.9. The normalized spacial score (nSPS) is 11.2. The maximum absolute atomic E-state index is 12.9. The van der Waals surface area contributed by atoms with E-state index in [4.69, 9.17) is 11.6 Å². The number of ketones is 2. The number of benzene rings is 3. The van der Waals surface area contributed by atoms with Gasteiger partial charge < -0.3 is 0 Å². The highest BCUT2D eigenvalue weighted by Crippen LogP contribution is 2.21. The van der Waals surface area contributed by atoms with E-state index in [2.05, 4.69) is 0 Å². The highest BCUT2D eigenvalue weighted by Gasteiger charge is 2.16. The molecule has 0 radical (unpaired) electrons. The molecule has 0 saturated carbocycles. The SMILES string of the molecule is O=C(/C=C(/C(=O)c1ccccc1)c1ccccc1)c1ccc(Cl)cc1. The highest BCUT2D eigenvalue weighted by molar-refractivity contribution is 6.33.